The van der Waals surface area contributed by atoms with E-state index in [-0.39, 0.29) is 5.54 Å². The molecule has 74 valence electrons. The fourth-order valence-electron chi connectivity index (χ4n) is 0.422. The number of primary amides is 1. The van der Waals surface area contributed by atoms with Crippen LogP contribution < -0.4 is 11.1 Å². The van der Waals surface area contributed by atoms with Gasteiger partial charge in [0.2, 0.25) is 0 Å². The van der Waals surface area contributed by atoms with Crippen molar-refractivity contribution in [3.05, 3.63) is 0 Å². The van der Waals surface area contributed by atoms with Crippen molar-refractivity contribution in [2.24, 2.45) is 5.73 Å². The van der Waals surface area contributed by atoms with Gasteiger partial charge >= 0.3 is 6.09 Å². The van der Waals surface area contributed by atoms with Gasteiger partial charge in [0.05, 0.1) is 0 Å². The van der Waals surface area contributed by atoms with Crippen LogP contribution in [0.4, 0.5) is 4.79 Å². The fourth-order valence-corrected chi connectivity index (χ4v) is 0.517. The van der Waals surface area contributed by atoms with Crippen LogP contribution in [0, 0.1) is 0 Å². The first-order valence-electron chi connectivity index (χ1n) is 3.59. The van der Waals surface area contributed by atoms with E-state index in [1.54, 1.807) is 0 Å². The first kappa shape index (κ1) is 14.1. The molecule has 0 unspecified atom stereocenters. The van der Waals surface area contributed by atoms with Crippen molar-refractivity contribution in [2.75, 3.05) is 12.4 Å². The summed E-state index contributed by atoms with van der Waals surface area (Å²) in [6, 6.07) is 0. The van der Waals surface area contributed by atoms with Crippen LogP contribution in [-0.4, -0.2) is 29.2 Å². The number of alkyl halides is 1. The Kier molecular flexibility index (Phi) is 8.42. The zero-order chi connectivity index (χ0) is 10.2. The lowest BCUT2D eigenvalue weighted by Crippen LogP contribution is -2.36. The van der Waals surface area contributed by atoms with Crippen LogP contribution >= 0.6 is 11.6 Å². The molecule has 0 bridgehead atoms. The van der Waals surface area contributed by atoms with E-state index in [9.17, 15) is 0 Å². The largest absolute Gasteiger partial charge is 0.465 e. The molecule has 0 fully saturated rings. The van der Waals surface area contributed by atoms with Gasteiger partial charge in [-0.2, -0.15) is 0 Å². The van der Waals surface area contributed by atoms with E-state index < -0.39 is 6.09 Å². The zero-order valence-corrected chi connectivity index (χ0v) is 8.48. The normalized spacial score (nSPS) is 10.0. The molecule has 0 aromatic rings. The van der Waals surface area contributed by atoms with Crippen molar-refractivity contribution in [3.8, 4) is 0 Å². The summed E-state index contributed by atoms with van der Waals surface area (Å²) in [5, 5.41) is 10.4. The summed E-state index contributed by atoms with van der Waals surface area (Å²) < 4.78 is 0. The summed E-state index contributed by atoms with van der Waals surface area (Å²) >= 11 is 5.45. The Labute approximate surface area is 78.1 Å². The minimum atomic E-state index is -1.33. The lowest BCUT2D eigenvalue weighted by atomic mass is 10.1. The summed E-state index contributed by atoms with van der Waals surface area (Å²) in [6.45, 7) is 7.27. The van der Waals surface area contributed by atoms with Gasteiger partial charge in [-0.1, -0.05) is 0 Å². The van der Waals surface area contributed by atoms with Crippen LogP contribution in [0.2, 0.25) is 0 Å². The third-order valence-electron chi connectivity index (χ3n) is 0.750. The molecule has 0 aliphatic heterocycles. The third-order valence-corrected chi connectivity index (χ3v) is 0.939. The molecular formula is C7H17ClN2O2. The van der Waals surface area contributed by atoms with Gasteiger partial charge in [-0.05, 0) is 20.8 Å². The second kappa shape index (κ2) is 7.18. The highest BCUT2D eigenvalue weighted by molar-refractivity contribution is 6.18. The molecule has 4 nitrogen and oxygen atoms in total. The number of carbonyl (C=O) groups is 1. The molecule has 0 saturated carbocycles. The van der Waals surface area contributed by atoms with Crippen LogP contribution in [0.15, 0.2) is 0 Å². The maximum atomic E-state index is 8.78. The maximum Gasteiger partial charge on any atom is 0.402 e. The Balaban J connectivity index is 0. The van der Waals surface area contributed by atoms with Crippen LogP contribution in [0.3, 0.4) is 0 Å². The molecule has 0 aliphatic carbocycles. The highest BCUT2D eigenvalue weighted by atomic mass is 35.5. The Bertz CT molecular complexity index is 119. The van der Waals surface area contributed by atoms with Crippen molar-refractivity contribution >= 4 is 17.7 Å². The number of nitrogens with one attached hydrogen (secondary N) is 1. The van der Waals surface area contributed by atoms with Crippen LogP contribution in [0.5, 0.6) is 0 Å². The van der Waals surface area contributed by atoms with Gasteiger partial charge in [-0.15, -0.1) is 11.6 Å². The standard InChI is InChI=1S/C6H14ClN.CH3NO2/c1-6(2,3)8-5-4-7;2-1(3)4/h8H,4-5H2,1-3H3;2H2,(H,3,4). The first-order valence-corrected chi connectivity index (χ1v) is 4.12. The molecule has 5 heteroatoms. The average Bonchev–Trinajstić information content (AvgIpc) is 1.80. The summed E-state index contributed by atoms with van der Waals surface area (Å²) in [6.07, 6.45) is -1.33. The average molecular weight is 197 g/mol. The van der Waals surface area contributed by atoms with Crippen LogP contribution in [0.25, 0.3) is 0 Å². The molecule has 12 heavy (non-hydrogen) atoms. The quantitative estimate of drug-likeness (QED) is 0.582. The van der Waals surface area contributed by atoms with Gasteiger partial charge in [0, 0.05) is 18.0 Å². The smallest absolute Gasteiger partial charge is 0.402 e. The number of halogens is 1. The minimum Gasteiger partial charge on any atom is -0.465 e. The van der Waals surface area contributed by atoms with Crippen LogP contribution in [-0.2, 0) is 0 Å². The molecule has 1 amide bonds. The summed E-state index contributed by atoms with van der Waals surface area (Å²) in [7, 11) is 0. The monoisotopic (exact) mass is 196 g/mol. The summed E-state index contributed by atoms with van der Waals surface area (Å²) in [4.78, 5) is 8.78. The van der Waals surface area contributed by atoms with Crippen molar-refractivity contribution in [2.45, 2.75) is 26.3 Å². The maximum absolute atomic E-state index is 8.78. The molecule has 0 radical (unpaired) electrons. The predicted molar refractivity (Wildman–Crippen MR) is 50.7 cm³/mol. The van der Waals surface area contributed by atoms with Crippen molar-refractivity contribution in [1.29, 1.82) is 0 Å². The van der Waals surface area contributed by atoms with E-state index in [4.69, 9.17) is 21.5 Å². The molecule has 0 rings (SSSR count). The first-order chi connectivity index (χ1) is 5.29. The predicted octanol–water partition coefficient (Wildman–Crippen LogP) is 1.24. The molecule has 0 atom stereocenters. The zero-order valence-electron chi connectivity index (χ0n) is 7.72. The molecule has 0 saturated heterocycles. The highest BCUT2D eigenvalue weighted by Gasteiger charge is 2.05. The molecule has 4 N–H and O–H groups in total. The molecular weight excluding hydrogens is 180 g/mol. The SMILES string of the molecule is CC(C)(C)NCCCl.NC(=O)O. The van der Waals surface area contributed by atoms with E-state index in [1.807, 2.05) is 0 Å². The van der Waals surface area contributed by atoms with Gasteiger partial charge < -0.3 is 16.2 Å². The number of rotatable bonds is 2. The third kappa shape index (κ3) is 33.8. The van der Waals surface area contributed by atoms with E-state index in [0.717, 1.165) is 6.54 Å². The van der Waals surface area contributed by atoms with Crippen LogP contribution in [0.1, 0.15) is 20.8 Å². The number of hydrogen-bond acceptors (Lipinski definition) is 2. The van der Waals surface area contributed by atoms with E-state index in [0.29, 0.717) is 5.88 Å². The molecule has 0 heterocycles. The molecule has 0 aromatic heterocycles. The number of nitrogens with two attached hydrogens (primary N) is 1. The molecule has 0 aliphatic rings. The van der Waals surface area contributed by atoms with Gasteiger partial charge in [0.15, 0.2) is 0 Å². The summed E-state index contributed by atoms with van der Waals surface area (Å²) in [5.41, 5.74) is 4.24. The van der Waals surface area contributed by atoms with E-state index in [2.05, 4.69) is 31.8 Å². The van der Waals surface area contributed by atoms with Crippen molar-refractivity contribution in [3.63, 3.8) is 0 Å². The Morgan fingerprint density at radius 3 is 2.00 bits per heavy atom. The highest BCUT2D eigenvalue weighted by Crippen LogP contribution is 1.96. The Morgan fingerprint density at radius 1 is 1.58 bits per heavy atom. The Morgan fingerprint density at radius 2 is 1.92 bits per heavy atom. The van der Waals surface area contributed by atoms with Gasteiger partial charge in [-0.3, -0.25) is 0 Å². The number of hydrogen-bond donors (Lipinski definition) is 3. The van der Waals surface area contributed by atoms with E-state index in [1.165, 1.54) is 0 Å². The second-order valence-electron chi connectivity index (χ2n) is 3.20. The lowest BCUT2D eigenvalue weighted by Gasteiger charge is -2.19. The van der Waals surface area contributed by atoms with Gasteiger partial charge in [0.1, 0.15) is 0 Å². The van der Waals surface area contributed by atoms with Gasteiger partial charge in [-0.25, -0.2) is 4.79 Å². The lowest BCUT2D eigenvalue weighted by molar-refractivity contribution is 0.205. The summed E-state index contributed by atoms with van der Waals surface area (Å²) in [5.74, 6) is 0.692. The number of carboxylic acid groups (broad SMARTS) is 1. The van der Waals surface area contributed by atoms with Crippen molar-refractivity contribution < 1.29 is 9.90 Å². The van der Waals surface area contributed by atoms with E-state index >= 15 is 0 Å². The molecule has 0 aromatic carbocycles. The topological polar surface area (TPSA) is 75.3 Å². The minimum absolute atomic E-state index is 0.217. The Hall–Kier alpha value is -0.480. The fraction of sp³-hybridized carbons (Fsp3) is 0.857. The van der Waals surface area contributed by atoms with Crippen molar-refractivity contribution in [1.82, 2.24) is 5.32 Å². The molecule has 0 spiro atoms. The van der Waals surface area contributed by atoms with Gasteiger partial charge in [0.25, 0.3) is 0 Å². The number of amides is 1. The second-order valence-corrected chi connectivity index (χ2v) is 3.58.